The maximum absolute atomic E-state index is 12.3. The molecule has 0 aliphatic heterocycles. The number of nitrogens with zero attached hydrogens (tertiary/aromatic N) is 1. The second kappa shape index (κ2) is 6.65. The number of hydrogen-bond donors (Lipinski definition) is 1. The molecule has 1 aliphatic rings. The van der Waals surface area contributed by atoms with E-state index in [1.165, 1.54) is 6.07 Å². The minimum Gasteiger partial charge on any atom is -0.502 e. The Bertz CT molecular complexity index is 845. The Hall–Kier alpha value is -1.72. The first-order valence-electron chi connectivity index (χ1n) is 7.85. The van der Waals surface area contributed by atoms with E-state index in [4.69, 9.17) is 32.5 Å². The summed E-state index contributed by atoms with van der Waals surface area (Å²) in [7, 11) is 0. The molecule has 0 amide bonds. The van der Waals surface area contributed by atoms with Crippen LogP contribution in [0.5, 0.6) is 11.5 Å². The number of aromatic hydroxyl groups is 1. The minimum atomic E-state index is -0.0993. The van der Waals surface area contributed by atoms with Crippen molar-refractivity contribution in [3.8, 4) is 22.8 Å². The highest BCUT2D eigenvalue weighted by molar-refractivity contribution is 6.37. The van der Waals surface area contributed by atoms with Crippen molar-refractivity contribution in [3.05, 3.63) is 38.4 Å². The van der Waals surface area contributed by atoms with Crippen LogP contribution >= 0.6 is 23.2 Å². The Morgan fingerprint density at radius 2 is 1.92 bits per heavy atom. The van der Waals surface area contributed by atoms with Crippen molar-refractivity contribution in [3.63, 3.8) is 0 Å². The van der Waals surface area contributed by atoms with Crippen molar-refractivity contribution in [1.82, 2.24) is 0 Å². The Labute approximate surface area is 149 Å². The number of ether oxygens (including phenoxy) is 1. The van der Waals surface area contributed by atoms with Crippen molar-refractivity contribution in [2.45, 2.75) is 45.6 Å². The summed E-state index contributed by atoms with van der Waals surface area (Å²) in [5.74, 6) is 0.829. The van der Waals surface area contributed by atoms with Crippen LogP contribution in [0.3, 0.4) is 0 Å². The zero-order valence-corrected chi connectivity index (χ0v) is 14.9. The predicted molar refractivity (Wildman–Crippen MR) is 91.6 cm³/mol. The first kappa shape index (κ1) is 17.1. The molecule has 0 bridgehead atoms. The van der Waals surface area contributed by atoms with Gasteiger partial charge in [0.05, 0.1) is 26.6 Å². The van der Waals surface area contributed by atoms with Gasteiger partial charge in [-0.15, -0.1) is 0 Å². The van der Waals surface area contributed by atoms with Gasteiger partial charge in [0.15, 0.2) is 5.76 Å². The van der Waals surface area contributed by atoms with Crippen LogP contribution in [-0.2, 0) is 12.8 Å². The molecular formula is C17H18Cl2NO4+. The van der Waals surface area contributed by atoms with Gasteiger partial charge in [-0.1, -0.05) is 23.2 Å². The molecule has 0 saturated carbocycles. The van der Waals surface area contributed by atoms with Gasteiger partial charge in [-0.25, -0.2) is 0 Å². The SMILES string of the molecule is CC(C)Oc1cc(-c2c(O)c3c(o[n+]2=O)CCCC3)c(Cl)cc1Cl. The third-order valence-corrected chi connectivity index (χ3v) is 4.55. The smallest absolute Gasteiger partial charge is 0.367 e. The predicted octanol–water partition coefficient (Wildman–Crippen LogP) is 4.54. The van der Waals surface area contributed by atoms with E-state index in [0.29, 0.717) is 45.1 Å². The van der Waals surface area contributed by atoms with Crippen molar-refractivity contribution in [2.24, 2.45) is 0 Å². The molecule has 0 radical (unpaired) electrons. The summed E-state index contributed by atoms with van der Waals surface area (Å²) in [6.45, 7) is 3.73. The number of rotatable bonds is 3. The van der Waals surface area contributed by atoms with Crippen molar-refractivity contribution in [1.29, 1.82) is 0 Å². The van der Waals surface area contributed by atoms with E-state index in [1.807, 2.05) is 13.8 Å². The number of halogens is 2. The van der Waals surface area contributed by atoms with Crippen LogP contribution in [0.15, 0.2) is 16.7 Å². The number of aryl methyl sites for hydroxylation is 1. The lowest BCUT2D eigenvalue weighted by molar-refractivity contribution is -0.700. The number of aromatic nitrogens is 1. The summed E-state index contributed by atoms with van der Waals surface area (Å²) >= 11 is 12.4. The summed E-state index contributed by atoms with van der Waals surface area (Å²) in [5, 5.41) is 11.2. The number of benzene rings is 1. The maximum Gasteiger partial charge on any atom is 0.367 e. The van der Waals surface area contributed by atoms with E-state index in [9.17, 15) is 10.0 Å². The highest BCUT2D eigenvalue weighted by Crippen LogP contribution is 2.41. The van der Waals surface area contributed by atoms with Crippen LogP contribution in [0.2, 0.25) is 10.0 Å². The molecule has 0 saturated heterocycles. The van der Waals surface area contributed by atoms with Crippen LogP contribution in [0.4, 0.5) is 0 Å². The highest BCUT2D eigenvalue weighted by atomic mass is 35.5. The van der Waals surface area contributed by atoms with Crippen molar-refractivity contribution in [2.75, 3.05) is 0 Å². The molecule has 0 atom stereocenters. The van der Waals surface area contributed by atoms with E-state index < -0.39 is 0 Å². The van der Waals surface area contributed by atoms with Gasteiger partial charge in [-0.05, 0) is 45.2 Å². The first-order valence-corrected chi connectivity index (χ1v) is 8.61. The quantitative estimate of drug-likeness (QED) is 0.860. The molecule has 1 aromatic heterocycles. The average molecular weight is 371 g/mol. The summed E-state index contributed by atoms with van der Waals surface area (Å²) in [4.78, 5) is 12.3. The fourth-order valence-electron chi connectivity index (χ4n) is 2.88. The van der Waals surface area contributed by atoms with Crippen LogP contribution in [-0.4, -0.2) is 11.2 Å². The molecule has 3 rings (SSSR count). The standard InChI is InChI=1S/C17H17Cl2NO4/c1-9(2)23-15-7-11(12(18)8-13(15)19)16-17(21)10-5-3-4-6-14(10)24-20(16)22/h7-9H,3-6H2,1-2H3/p+1. The Morgan fingerprint density at radius 1 is 1.21 bits per heavy atom. The molecule has 24 heavy (non-hydrogen) atoms. The zero-order valence-electron chi connectivity index (χ0n) is 13.4. The fourth-order valence-corrected chi connectivity index (χ4v) is 3.40. The van der Waals surface area contributed by atoms with Gasteiger partial charge in [0.25, 0.3) is 4.60 Å². The first-order chi connectivity index (χ1) is 11.4. The zero-order chi connectivity index (χ0) is 17.4. The maximum atomic E-state index is 12.3. The minimum absolute atomic E-state index is 0.0223. The van der Waals surface area contributed by atoms with Crippen LogP contribution in [0.1, 0.15) is 38.0 Å². The fraction of sp³-hybridized carbons (Fsp3) is 0.412. The van der Waals surface area contributed by atoms with Crippen LogP contribution < -0.4 is 9.34 Å². The van der Waals surface area contributed by atoms with Crippen molar-refractivity contribution >= 4 is 23.2 Å². The number of fused-ring (bicyclic) bond motifs is 1. The second-order valence-corrected chi connectivity index (χ2v) is 6.90. The number of hydrogen-bond acceptors (Lipinski definition) is 4. The summed E-state index contributed by atoms with van der Waals surface area (Å²) in [6, 6.07) is 3.05. The third-order valence-electron chi connectivity index (χ3n) is 3.94. The lowest BCUT2D eigenvalue weighted by atomic mass is 9.95. The van der Waals surface area contributed by atoms with Gasteiger partial charge in [0.2, 0.25) is 5.75 Å². The van der Waals surface area contributed by atoms with E-state index in [-0.39, 0.29) is 22.6 Å². The molecule has 1 N–H and O–H groups in total. The molecule has 1 heterocycles. The molecule has 1 aromatic carbocycles. The average Bonchev–Trinajstić information content (AvgIpc) is 2.51. The van der Waals surface area contributed by atoms with Gasteiger partial charge >= 0.3 is 5.69 Å². The molecule has 5 nitrogen and oxygen atoms in total. The second-order valence-electron chi connectivity index (χ2n) is 6.08. The van der Waals surface area contributed by atoms with Gasteiger partial charge in [-0.3, -0.25) is 0 Å². The third kappa shape index (κ3) is 3.10. The highest BCUT2D eigenvalue weighted by Gasteiger charge is 2.32. The molecule has 2 aromatic rings. The van der Waals surface area contributed by atoms with Crippen LogP contribution in [0, 0.1) is 4.91 Å². The van der Waals surface area contributed by atoms with Gasteiger partial charge in [0.1, 0.15) is 5.75 Å². The summed E-state index contributed by atoms with van der Waals surface area (Å²) < 4.78 is 11.3. The van der Waals surface area contributed by atoms with Gasteiger partial charge in [0, 0.05) is 12.0 Å². The normalized spacial score (nSPS) is 13.9. The van der Waals surface area contributed by atoms with Crippen LogP contribution in [0.25, 0.3) is 11.3 Å². The lowest BCUT2D eigenvalue weighted by Crippen LogP contribution is -2.22. The lowest BCUT2D eigenvalue weighted by Gasteiger charge is -2.14. The van der Waals surface area contributed by atoms with E-state index >= 15 is 0 Å². The van der Waals surface area contributed by atoms with Gasteiger partial charge < -0.3 is 9.84 Å². The van der Waals surface area contributed by atoms with E-state index in [1.54, 1.807) is 6.07 Å². The summed E-state index contributed by atoms with van der Waals surface area (Å²) in [6.07, 6.45) is 3.08. The Balaban J connectivity index is 2.21. The van der Waals surface area contributed by atoms with E-state index in [2.05, 4.69) is 0 Å². The molecule has 1 aliphatic carbocycles. The molecule has 7 heteroatoms. The largest absolute Gasteiger partial charge is 0.502 e. The molecular weight excluding hydrogens is 353 g/mol. The van der Waals surface area contributed by atoms with E-state index in [0.717, 1.165) is 12.8 Å². The molecule has 128 valence electrons. The monoisotopic (exact) mass is 370 g/mol. The molecule has 0 fully saturated rings. The topological polar surface area (TPSA) is 65.6 Å². The Morgan fingerprint density at radius 3 is 2.62 bits per heavy atom. The van der Waals surface area contributed by atoms with Gasteiger partial charge in [-0.2, -0.15) is 4.52 Å². The van der Waals surface area contributed by atoms with Crippen molar-refractivity contribution < 1.29 is 19.0 Å². The molecule has 0 unspecified atom stereocenters. The summed E-state index contributed by atoms with van der Waals surface area (Å²) in [5.41, 5.74) is 0.966. The molecule has 0 spiro atoms. The Kier molecular flexibility index (Phi) is 4.74.